The Balaban J connectivity index is 2.30. The molecule has 8 heteroatoms. The number of nitrogens with zero attached hydrogens (tertiary/aromatic N) is 1. The van der Waals surface area contributed by atoms with Gasteiger partial charge < -0.3 is 25.0 Å². The minimum absolute atomic E-state index is 0.285. The Hall–Kier alpha value is -3.55. The van der Waals surface area contributed by atoms with E-state index in [1.165, 1.54) is 4.90 Å². The molecule has 2 aromatic carbocycles. The second-order valence-electron chi connectivity index (χ2n) is 8.98. The van der Waals surface area contributed by atoms with Crippen LogP contribution in [0.3, 0.4) is 0 Å². The molecule has 0 saturated heterocycles. The van der Waals surface area contributed by atoms with Crippen molar-refractivity contribution in [3.05, 3.63) is 59.7 Å². The molecule has 0 bridgehead atoms. The summed E-state index contributed by atoms with van der Waals surface area (Å²) in [6.07, 6.45) is -0.0527. The van der Waals surface area contributed by atoms with E-state index < -0.39 is 17.7 Å². The number of alkyl carbamates (subject to hydrolysis) is 1. The third kappa shape index (κ3) is 8.10. The van der Waals surface area contributed by atoms with Crippen molar-refractivity contribution in [2.24, 2.45) is 0 Å². The average molecular weight is 470 g/mol. The van der Waals surface area contributed by atoms with Gasteiger partial charge in [0.1, 0.15) is 23.9 Å². The highest BCUT2D eigenvalue weighted by atomic mass is 16.6. The molecule has 0 saturated carbocycles. The van der Waals surface area contributed by atoms with Gasteiger partial charge in [0.2, 0.25) is 5.91 Å². The number of benzene rings is 2. The van der Waals surface area contributed by atoms with Crippen molar-refractivity contribution in [3.8, 4) is 5.75 Å². The number of aryl methyl sites for hydroxylation is 1. The number of amides is 3. The average Bonchev–Trinajstić information content (AvgIpc) is 2.76. The quantitative estimate of drug-likeness (QED) is 0.566. The third-order valence-electron chi connectivity index (χ3n) is 4.84. The van der Waals surface area contributed by atoms with Gasteiger partial charge in [-0.15, -0.1) is 0 Å². The fourth-order valence-electron chi connectivity index (χ4n) is 3.40. The fourth-order valence-corrected chi connectivity index (χ4v) is 3.40. The summed E-state index contributed by atoms with van der Waals surface area (Å²) in [4.78, 5) is 40.2. The summed E-state index contributed by atoms with van der Waals surface area (Å²) in [5.41, 5.74) is 1.55. The van der Waals surface area contributed by atoms with E-state index in [9.17, 15) is 14.4 Å². The van der Waals surface area contributed by atoms with Gasteiger partial charge in [-0.05, 0) is 63.9 Å². The number of anilines is 1. The highest BCUT2D eigenvalue weighted by Gasteiger charge is 2.31. The SMILES string of the molecule is CCCN(C(=O)CNC(=O)OC(C)(C)C)C(C(=O)Nc1ccc(OC)cc1)c1cccc(C)c1. The predicted molar refractivity (Wildman–Crippen MR) is 132 cm³/mol. The maximum atomic E-state index is 13.5. The van der Waals surface area contributed by atoms with E-state index in [4.69, 9.17) is 9.47 Å². The molecule has 34 heavy (non-hydrogen) atoms. The largest absolute Gasteiger partial charge is 0.497 e. The van der Waals surface area contributed by atoms with Gasteiger partial charge in [-0.3, -0.25) is 9.59 Å². The number of rotatable bonds is 9. The molecule has 0 aliphatic carbocycles. The van der Waals surface area contributed by atoms with E-state index >= 15 is 0 Å². The molecule has 0 spiro atoms. The highest BCUT2D eigenvalue weighted by molar-refractivity contribution is 5.98. The van der Waals surface area contributed by atoms with E-state index in [2.05, 4.69) is 10.6 Å². The Labute approximate surface area is 201 Å². The van der Waals surface area contributed by atoms with Crippen molar-refractivity contribution >= 4 is 23.6 Å². The Bertz CT molecular complexity index is 983. The van der Waals surface area contributed by atoms with Gasteiger partial charge >= 0.3 is 6.09 Å². The lowest BCUT2D eigenvalue weighted by Gasteiger charge is -2.31. The van der Waals surface area contributed by atoms with Crippen LogP contribution in [0, 0.1) is 6.92 Å². The maximum absolute atomic E-state index is 13.5. The summed E-state index contributed by atoms with van der Waals surface area (Å²) < 4.78 is 10.4. The first-order chi connectivity index (χ1) is 16.0. The Kier molecular flexibility index (Phi) is 9.47. The number of nitrogens with one attached hydrogen (secondary N) is 2. The zero-order valence-corrected chi connectivity index (χ0v) is 20.8. The standard InChI is InChI=1S/C26H35N3O5/c1-7-15-29(22(30)17-27-25(32)34-26(3,4)5)23(19-10-8-9-18(2)16-19)24(31)28-20-11-13-21(33-6)14-12-20/h8-14,16,23H,7,15,17H2,1-6H3,(H,27,32)(H,28,31). The first-order valence-corrected chi connectivity index (χ1v) is 11.3. The van der Waals surface area contributed by atoms with Crippen LogP contribution in [0.4, 0.5) is 10.5 Å². The van der Waals surface area contributed by atoms with Crippen LogP contribution >= 0.6 is 0 Å². The van der Waals surface area contributed by atoms with Crippen LogP contribution in [0.15, 0.2) is 48.5 Å². The number of hydrogen-bond donors (Lipinski definition) is 2. The van der Waals surface area contributed by atoms with Crippen LogP contribution in [-0.4, -0.2) is 48.6 Å². The predicted octanol–water partition coefficient (Wildman–Crippen LogP) is 4.45. The topological polar surface area (TPSA) is 97.0 Å². The Morgan fingerprint density at radius 1 is 1.06 bits per heavy atom. The van der Waals surface area contributed by atoms with Crippen LogP contribution in [0.5, 0.6) is 5.75 Å². The molecule has 1 unspecified atom stereocenters. The zero-order valence-electron chi connectivity index (χ0n) is 20.8. The van der Waals surface area contributed by atoms with E-state index in [0.29, 0.717) is 30.0 Å². The monoisotopic (exact) mass is 469 g/mol. The lowest BCUT2D eigenvalue weighted by Crippen LogP contribution is -2.46. The molecule has 2 N–H and O–H groups in total. The molecule has 0 fully saturated rings. The van der Waals surface area contributed by atoms with Gasteiger partial charge in [0.15, 0.2) is 0 Å². The van der Waals surface area contributed by atoms with E-state index in [-0.39, 0.29) is 18.4 Å². The summed E-state index contributed by atoms with van der Waals surface area (Å²) in [6, 6.07) is 13.6. The van der Waals surface area contributed by atoms with Crippen molar-refractivity contribution < 1.29 is 23.9 Å². The van der Waals surface area contributed by atoms with Gasteiger partial charge in [0.25, 0.3) is 5.91 Å². The van der Waals surface area contributed by atoms with E-state index in [1.54, 1.807) is 52.1 Å². The molecule has 0 heterocycles. The molecule has 1 atom stereocenters. The van der Waals surface area contributed by atoms with Gasteiger partial charge in [-0.1, -0.05) is 36.8 Å². The van der Waals surface area contributed by atoms with Crippen LogP contribution < -0.4 is 15.4 Å². The van der Waals surface area contributed by atoms with Crippen molar-refractivity contribution in [1.29, 1.82) is 0 Å². The van der Waals surface area contributed by atoms with Gasteiger partial charge in [-0.25, -0.2) is 4.79 Å². The summed E-state index contributed by atoms with van der Waals surface area (Å²) in [6.45, 7) is 9.14. The number of hydrogen-bond acceptors (Lipinski definition) is 5. The minimum atomic E-state index is -0.880. The van der Waals surface area contributed by atoms with Crippen LogP contribution in [-0.2, 0) is 14.3 Å². The lowest BCUT2D eigenvalue weighted by molar-refractivity contribution is -0.138. The molecule has 2 aromatic rings. The van der Waals surface area contributed by atoms with Crippen LogP contribution in [0.25, 0.3) is 0 Å². The number of ether oxygens (including phenoxy) is 2. The van der Waals surface area contributed by atoms with E-state index in [0.717, 1.165) is 5.56 Å². The fraction of sp³-hybridized carbons (Fsp3) is 0.423. The normalized spacial score (nSPS) is 11.8. The number of carbonyl (C=O) groups excluding carboxylic acids is 3. The molecule has 3 amide bonds. The summed E-state index contributed by atoms with van der Waals surface area (Å²) in [5, 5.41) is 5.40. The van der Waals surface area contributed by atoms with Crippen molar-refractivity contribution in [2.45, 2.75) is 52.7 Å². The molecule has 0 aromatic heterocycles. The molecule has 2 rings (SSSR count). The Morgan fingerprint density at radius 2 is 1.74 bits per heavy atom. The first-order valence-electron chi connectivity index (χ1n) is 11.3. The lowest BCUT2D eigenvalue weighted by atomic mass is 10.0. The maximum Gasteiger partial charge on any atom is 0.408 e. The number of carbonyl (C=O) groups is 3. The second-order valence-corrected chi connectivity index (χ2v) is 8.98. The summed E-state index contributed by atoms with van der Waals surface area (Å²) in [7, 11) is 1.57. The van der Waals surface area contributed by atoms with Gasteiger partial charge in [-0.2, -0.15) is 0 Å². The zero-order chi connectivity index (χ0) is 25.3. The molecular formula is C26H35N3O5. The van der Waals surface area contributed by atoms with Crippen molar-refractivity contribution in [3.63, 3.8) is 0 Å². The molecule has 8 nitrogen and oxygen atoms in total. The molecule has 184 valence electrons. The van der Waals surface area contributed by atoms with E-state index in [1.807, 2.05) is 38.1 Å². The number of methoxy groups -OCH3 is 1. The second kappa shape index (κ2) is 12.1. The first kappa shape index (κ1) is 26.7. The minimum Gasteiger partial charge on any atom is -0.497 e. The van der Waals surface area contributed by atoms with Crippen LogP contribution in [0.1, 0.15) is 51.3 Å². The summed E-state index contributed by atoms with van der Waals surface area (Å²) >= 11 is 0. The van der Waals surface area contributed by atoms with Crippen molar-refractivity contribution in [1.82, 2.24) is 10.2 Å². The van der Waals surface area contributed by atoms with Gasteiger partial charge in [0.05, 0.1) is 7.11 Å². The molecule has 0 radical (unpaired) electrons. The smallest absolute Gasteiger partial charge is 0.408 e. The molecule has 0 aliphatic heterocycles. The molecule has 0 aliphatic rings. The Morgan fingerprint density at radius 3 is 2.29 bits per heavy atom. The summed E-state index contributed by atoms with van der Waals surface area (Å²) in [5.74, 6) is -0.0665. The third-order valence-corrected chi connectivity index (χ3v) is 4.84. The van der Waals surface area contributed by atoms with Gasteiger partial charge in [0, 0.05) is 12.2 Å². The molecular weight excluding hydrogens is 434 g/mol. The highest BCUT2D eigenvalue weighted by Crippen LogP contribution is 2.25. The van der Waals surface area contributed by atoms with Crippen LogP contribution in [0.2, 0.25) is 0 Å². The van der Waals surface area contributed by atoms with Crippen molar-refractivity contribution in [2.75, 3.05) is 25.5 Å².